The molecule has 5 heteroatoms. The van der Waals surface area contributed by atoms with Gasteiger partial charge in [0.15, 0.2) is 0 Å². The fourth-order valence-corrected chi connectivity index (χ4v) is 0.407. The molecule has 0 atom stereocenters. The molecule has 2 N–H and O–H groups in total. The third kappa shape index (κ3) is 191. The maximum atomic E-state index is 9.00. The van der Waals surface area contributed by atoms with Gasteiger partial charge in [-0.05, 0) is 18.0 Å². The molecule has 0 spiro atoms. The molecule has 0 aliphatic rings. The minimum atomic E-state index is -0.833. The molecule has 4 nitrogen and oxygen atoms in total. The van der Waals surface area contributed by atoms with E-state index in [0.717, 1.165) is 20.3 Å². The molecular weight excluding hydrogens is 220 g/mol. The zero-order valence-corrected chi connectivity index (χ0v) is 9.97. The maximum absolute atomic E-state index is 9.00. The number of halogens is 1. The minimum absolute atomic E-state index is 0.833. The zero-order valence-electron chi connectivity index (χ0n) is 9.21. The van der Waals surface area contributed by atoms with Crippen molar-refractivity contribution in [3.8, 4) is 11.3 Å². The van der Waals surface area contributed by atoms with E-state index in [1.807, 2.05) is 0 Å². The first-order valence-corrected chi connectivity index (χ1v) is 4.73. The van der Waals surface area contributed by atoms with Crippen LogP contribution < -0.4 is 0 Å². The highest BCUT2D eigenvalue weighted by molar-refractivity contribution is 6.30. The fraction of sp³-hybridized carbons (Fsp3) is 0.600. The molecule has 0 radical (unpaired) electrons. The SMILES string of the molecule is CC(=O)O.CC(=O)O.CCCCC#CCl. The highest BCUT2D eigenvalue weighted by Gasteiger charge is 1.73. The van der Waals surface area contributed by atoms with Crippen molar-refractivity contribution in [3.63, 3.8) is 0 Å². The fourth-order valence-electron chi connectivity index (χ4n) is 0.312. The van der Waals surface area contributed by atoms with Gasteiger partial charge in [-0.1, -0.05) is 19.3 Å². The van der Waals surface area contributed by atoms with E-state index in [-0.39, 0.29) is 0 Å². The predicted octanol–water partition coefficient (Wildman–Crippen LogP) is 2.56. The van der Waals surface area contributed by atoms with Crippen molar-refractivity contribution in [2.75, 3.05) is 0 Å². The van der Waals surface area contributed by atoms with E-state index in [0.29, 0.717) is 0 Å². The number of hydrogen-bond acceptors (Lipinski definition) is 2. The van der Waals surface area contributed by atoms with Gasteiger partial charge in [0, 0.05) is 25.6 Å². The van der Waals surface area contributed by atoms with Crippen LogP contribution in [0.3, 0.4) is 0 Å². The Hall–Kier alpha value is -1.21. The topological polar surface area (TPSA) is 74.6 Å². The number of carboxylic acid groups (broad SMARTS) is 2. The van der Waals surface area contributed by atoms with Crippen LogP contribution in [0.4, 0.5) is 0 Å². The molecule has 0 unspecified atom stereocenters. The standard InChI is InChI=1S/C6H9Cl.2C2H4O2/c1-2-3-4-5-6-7;2*1-2(3)4/h2-4H2,1H3;2*1H3,(H,3,4). The number of unbranched alkanes of at least 4 members (excludes halogenated alkanes) is 2. The second kappa shape index (κ2) is 18.5. The van der Waals surface area contributed by atoms with Gasteiger partial charge in [-0.2, -0.15) is 0 Å². The summed E-state index contributed by atoms with van der Waals surface area (Å²) in [5.41, 5.74) is 0. The van der Waals surface area contributed by atoms with Gasteiger partial charge in [0.1, 0.15) is 0 Å². The molecule has 0 aromatic heterocycles. The van der Waals surface area contributed by atoms with Crippen molar-refractivity contribution in [3.05, 3.63) is 0 Å². The summed E-state index contributed by atoms with van der Waals surface area (Å²) in [4.78, 5) is 18.0. The lowest BCUT2D eigenvalue weighted by atomic mass is 10.3. The molecule has 0 aromatic rings. The second-order valence-electron chi connectivity index (χ2n) is 2.41. The Morgan fingerprint density at radius 2 is 1.53 bits per heavy atom. The molecule has 0 saturated heterocycles. The summed E-state index contributed by atoms with van der Waals surface area (Å²) in [7, 11) is 0. The lowest BCUT2D eigenvalue weighted by molar-refractivity contribution is -0.135. The van der Waals surface area contributed by atoms with Gasteiger partial charge in [0.2, 0.25) is 0 Å². The van der Waals surface area contributed by atoms with Gasteiger partial charge >= 0.3 is 0 Å². The van der Waals surface area contributed by atoms with Crippen LogP contribution in [0.2, 0.25) is 0 Å². The quantitative estimate of drug-likeness (QED) is 0.571. The average Bonchev–Trinajstić information content (AvgIpc) is 2.03. The van der Waals surface area contributed by atoms with Gasteiger partial charge in [0.05, 0.1) is 0 Å². The first-order chi connectivity index (χ1) is 6.88. The zero-order chi connectivity index (χ0) is 12.7. The predicted molar refractivity (Wildman–Crippen MR) is 59.8 cm³/mol. The normalized spacial score (nSPS) is 6.67. The molecule has 0 amide bonds. The van der Waals surface area contributed by atoms with Gasteiger partial charge in [0.25, 0.3) is 11.9 Å². The van der Waals surface area contributed by atoms with Gasteiger partial charge < -0.3 is 10.2 Å². The smallest absolute Gasteiger partial charge is 0.300 e. The highest BCUT2D eigenvalue weighted by Crippen LogP contribution is 1.90. The van der Waals surface area contributed by atoms with Crippen LogP contribution >= 0.6 is 11.6 Å². The summed E-state index contributed by atoms with van der Waals surface area (Å²) in [6, 6.07) is 0. The van der Waals surface area contributed by atoms with Crippen molar-refractivity contribution < 1.29 is 19.8 Å². The van der Waals surface area contributed by atoms with Gasteiger partial charge in [-0.3, -0.25) is 9.59 Å². The molecule has 0 bridgehead atoms. The van der Waals surface area contributed by atoms with Crippen LogP contribution in [0.15, 0.2) is 0 Å². The number of hydrogen-bond donors (Lipinski definition) is 2. The molecule has 88 valence electrons. The minimum Gasteiger partial charge on any atom is -0.481 e. The number of carboxylic acids is 2. The lowest BCUT2D eigenvalue weighted by Gasteiger charge is -1.80. The Labute approximate surface area is 95.2 Å². The van der Waals surface area contributed by atoms with Crippen molar-refractivity contribution in [2.45, 2.75) is 40.0 Å². The average molecular weight is 237 g/mol. The summed E-state index contributed by atoms with van der Waals surface area (Å²) < 4.78 is 0. The molecule has 0 fully saturated rings. The van der Waals surface area contributed by atoms with Crippen molar-refractivity contribution in [2.24, 2.45) is 0 Å². The van der Waals surface area contributed by atoms with E-state index in [9.17, 15) is 0 Å². The summed E-state index contributed by atoms with van der Waals surface area (Å²) in [5.74, 6) is 1.10. The Balaban J connectivity index is -0.000000155. The van der Waals surface area contributed by atoms with E-state index in [1.165, 1.54) is 12.8 Å². The van der Waals surface area contributed by atoms with Crippen LogP contribution in [-0.4, -0.2) is 22.2 Å². The summed E-state index contributed by atoms with van der Waals surface area (Å²) in [5, 5.41) is 17.2. The molecule has 15 heavy (non-hydrogen) atoms. The van der Waals surface area contributed by atoms with Gasteiger partial charge in [-0.15, -0.1) is 0 Å². The summed E-state index contributed by atoms with van der Waals surface area (Å²) >= 11 is 5.08. The Bertz CT molecular complexity index is 195. The Morgan fingerprint density at radius 3 is 1.73 bits per heavy atom. The van der Waals surface area contributed by atoms with E-state index in [4.69, 9.17) is 31.4 Å². The molecule has 0 heterocycles. The van der Waals surface area contributed by atoms with Crippen LogP contribution in [-0.2, 0) is 9.59 Å². The van der Waals surface area contributed by atoms with Crippen LogP contribution in [0, 0.1) is 11.3 Å². The Kier molecular flexibility index (Phi) is 24.0. The first kappa shape index (κ1) is 19.4. The molecule has 0 aliphatic heterocycles. The monoisotopic (exact) mass is 236 g/mol. The largest absolute Gasteiger partial charge is 0.481 e. The molecule has 0 aliphatic carbocycles. The van der Waals surface area contributed by atoms with E-state index >= 15 is 0 Å². The van der Waals surface area contributed by atoms with E-state index in [2.05, 4.69) is 18.2 Å². The maximum Gasteiger partial charge on any atom is 0.300 e. The highest BCUT2D eigenvalue weighted by atomic mass is 35.5. The van der Waals surface area contributed by atoms with Crippen molar-refractivity contribution in [1.82, 2.24) is 0 Å². The van der Waals surface area contributed by atoms with Crippen molar-refractivity contribution >= 4 is 23.5 Å². The van der Waals surface area contributed by atoms with Crippen LogP contribution in [0.5, 0.6) is 0 Å². The summed E-state index contributed by atoms with van der Waals surface area (Å²) in [6.45, 7) is 4.30. The van der Waals surface area contributed by atoms with Crippen LogP contribution in [0.1, 0.15) is 40.0 Å². The van der Waals surface area contributed by atoms with E-state index in [1.54, 1.807) is 0 Å². The third-order valence-electron chi connectivity index (χ3n) is 0.722. The van der Waals surface area contributed by atoms with Crippen LogP contribution in [0.25, 0.3) is 0 Å². The number of aliphatic carboxylic acids is 2. The number of rotatable bonds is 2. The molecule has 0 saturated carbocycles. The molecule has 0 rings (SSSR count). The van der Waals surface area contributed by atoms with Crippen molar-refractivity contribution in [1.29, 1.82) is 0 Å². The van der Waals surface area contributed by atoms with E-state index < -0.39 is 11.9 Å². The summed E-state index contributed by atoms with van der Waals surface area (Å²) in [6.07, 6.45) is 3.31. The molecular formula is C10H17ClO4. The first-order valence-electron chi connectivity index (χ1n) is 4.36. The second-order valence-corrected chi connectivity index (χ2v) is 2.60. The number of carbonyl (C=O) groups is 2. The van der Waals surface area contributed by atoms with Gasteiger partial charge in [-0.25, -0.2) is 0 Å². The lowest BCUT2D eigenvalue weighted by Crippen LogP contribution is -1.78. The molecule has 0 aromatic carbocycles. The Morgan fingerprint density at radius 1 is 1.20 bits per heavy atom. The third-order valence-corrected chi connectivity index (χ3v) is 0.856.